The lowest BCUT2D eigenvalue weighted by molar-refractivity contribution is 0.457. The molecule has 0 aliphatic carbocycles. The van der Waals surface area contributed by atoms with Gasteiger partial charge in [-0.3, -0.25) is 9.78 Å². The van der Waals surface area contributed by atoms with E-state index in [0.29, 0.717) is 17.2 Å². The fraction of sp³-hybridized carbons (Fsp3) is 0.290. The highest BCUT2D eigenvalue weighted by molar-refractivity contribution is 7.99. The molecule has 0 saturated carbocycles. The third-order valence-corrected chi connectivity index (χ3v) is 8.29. The van der Waals surface area contributed by atoms with Crippen molar-refractivity contribution in [2.24, 2.45) is 0 Å². The molecule has 1 aliphatic rings. The van der Waals surface area contributed by atoms with Gasteiger partial charge in [-0.15, -0.1) is 0 Å². The lowest BCUT2D eigenvalue weighted by Gasteiger charge is -2.36. The number of aromatic hydroxyl groups is 1. The first-order valence-electron chi connectivity index (χ1n) is 13.0. The van der Waals surface area contributed by atoms with Crippen molar-refractivity contribution in [3.63, 3.8) is 0 Å². The molecule has 3 heterocycles. The maximum atomic E-state index is 13.2. The topological polar surface area (TPSA) is 69.2 Å². The summed E-state index contributed by atoms with van der Waals surface area (Å²) < 4.78 is 0. The zero-order valence-electron chi connectivity index (χ0n) is 21.6. The van der Waals surface area contributed by atoms with E-state index < -0.39 is 0 Å². The van der Waals surface area contributed by atoms with Crippen molar-refractivity contribution in [1.29, 1.82) is 0 Å². The van der Waals surface area contributed by atoms with Gasteiger partial charge in [-0.05, 0) is 78.6 Å². The van der Waals surface area contributed by atoms with Crippen LogP contribution in [-0.2, 0) is 6.42 Å². The quantitative estimate of drug-likeness (QED) is 0.267. The Hall–Kier alpha value is -3.51. The highest BCUT2D eigenvalue weighted by Gasteiger charge is 2.29. The largest absolute Gasteiger partial charge is 0.504 e. The number of nitrogens with one attached hydrogen (secondary N) is 1. The van der Waals surface area contributed by atoms with E-state index in [9.17, 15) is 9.90 Å². The maximum absolute atomic E-state index is 13.2. The SMILES string of the molecule is CCCCc1[nH]c(=O)c(Sc2ccc(-c3ccncc3C)cc2)c(O)c1N1CCC(C)c2ccccc21. The van der Waals surface area contributed by atoms with E-state index in [-0.39, 0.29) is 11.3 Å². The molecule has 4 aromatic rings. The highest BCUT2D eigenvalue weighted by Crippen LogP contribution is 2.46. The number of unbranched alkanes of at least 4 members (excludes halogenated alkanes) is 1. The molecule has 0 spiro atoms. The van der Waals surface area contributed by atoms with Crippen molar-refractivity contribution in [3.05, 3.63) is 94.2 Å². The van der Waals surface area contributed by atoms with Gasteiger partial charge in [-0.2, -0.15) is 0 Å². The number of fused-ring (bicyclic) bond motifs is 1. The number of benzene rings is 2. The Labute approximate surface area is 222 Å². The van der Waals surface area contributed by atoms with E-state index in [2.05, 4.69) is 59.0 Å². The van der Waals surface area contributed by atoms with Crippen LogP contribution in [0.15, 0.2) is 81.6 Å². The molecule has 0 saturated heterocycles. The van der Waals surface area contributed by atoms with Crippen molar-refractivity contribution >= 4 is 23.1 Å². The van der Waals surface area contributed by atoms with Crippen LogP contribution < -0.4 is 10.5 Å². The van der Waals surface area contributed by atoms with Gasteiger partial charge in [0.05, 0.1) is 0 Å². The van der Waals surface area contributed by atoms with Crippen molar-refractivity contribution in [3.8, 4) is 16.9 Å². The first-order valence-corrected chi connectivity index (χ1v) is 13.8. The molecule has 190 valence electrons. The molecule has 5 rings (SSSR count). The number of pyridine rings is 2. The number of rotatable bonds is 7. The van der Waals surface area contributed by atoms with E-state index in [4.69, 9.17) is 0 Å². The average molecular weight is 512 g/mol. The molecule has 37 heavy (non-hydrogen) atoms. The zero-order chi connectivity index (χ0) is 25.9. The van der Waals surface area contributed by atoms with Crippen molar-refractivity contribution in [2.45, 2.75) is 62.2 Å². The molecule has 0 fully saturated rings. The second-order valence-corrected chi connectivity index (χ2v) is 10.9. The highest BCUT2D eigenvalue weighted by atomic mass is 32.2. The number of hydrogen-bond acceptors (Lipinski definition) is 5. The Morgan fingerprint density at radius 1 is 1.14 bits per heavy atom. The van der Waals surface area contributed by atoms with E-state index >= 15 is 0 Å². The van der Waals surface area contributed by atoms with Crippen LogP contribution in [0.2, 0.25) is 0 Å². The van der Waals surface area contributed by atoms with Crippen LogP contribution in [0, 0.1) is 6.92 Å². The number of anilines is 2. The van der Waals surface area contributed by atoms with Gasteiger partial charge in [0.1, 0.15) is 10.6 Å². The molecule has 1 aliphatic heterocycles. The molecule has 0 amide bonds. The minimum Gasteiger partial charge on any atom is -0.504 e. The zero-order valence-corrected chi connectivity index (χ0v) is 22.4. The van der Waals surface area contributed by atoms with Crippen LogP contribution in [0.5, 0.6) is 5.75 Å². The van der Waals surface area contributed by atoms with Gasteiger partial charge in [0, 0.05) is 35.2 Å². The van der Waals surface area contributed by atoms with Crippen molar-refractivity contribution in [1.82, 2.24) is 9.97 Å². The van der Waals surface area contributed by atoms with E-state index in [1.165, 1.54) is 17.3 Å². The minimum absolute atomic E-state index is 0.0678. The summed E-state index contributed by atoms with van der Waals surface area (Å²) in [6.45, 7) is 7.22. The number of aromatic amines is 1. The van der Waals surface area contributed by atoms with Crippen molar-refractivity contribution < 1.29 is 5.11 Å². The number of nitrogens with zero attached hydrogens (tertiary/aromatic N) is 2. The molecule has 2 N–H and O–H groups in total. The summed E-state index contributed by atoms with van der Waals surface area (Å²) in [5.41, 5.74) is 7.02. The molecule has 1 unspecified atom stereocenters. The summed E-state index contributed by atoms with van der Waals surface area (Å²) in [5.74, 6) is 0.520. The maximum Gasteiger partial charge on any atom is 0.266 e. The van der Waals surface area contributed by atoms with Gasteiger partial charge in [-0.1, -0.05) is 62.4 Å². The molecule has 0 radical (unpaired) electrons. The van der Waals surface area contributed by atoms with E-state index in [0.717, 1.165) is 64.5 Å². The molecular formula is C31H33N3O2S. The number of para-hydroxylation sites is 1. The first-order chi connectivity index (χ1) is 18.0. The Balaban J connectivity index is 1.54. The number of hydrogen-bond donors (Lipinski definition) is 2. The summed E-state index contributed by atoms with van der Waals surface area (Å²) >= 11 is 1.31. The van der Waals surface area contributed by atoms with Crippen LogP contribution in [-0.4, -0.2) is 21.6 Å². The number of aryl methyl sites for hydroxylation is 2. The van der Waals surface area contributed by atoms with Gasteiger partial charge in [0.15, 0.2) is 5.75 Å². The Morgan fingerprint density at radius 3 is 2.68 bits per heavy atom. The van der Waals surface area contributed by atoms with Crippen LogP contribution in [0.1, 0.15) is 55.8 Å². The summed E-state index contributed by atoms with van der Waals surface area (Å²) in [6.07, 6.45) is 7.31. The monoisotopic (exact) mass is 511 g/mol. The summed E-state index contributed by atoms with van der Waals surface area (Å²) in [7, 11) is 0. The lowest BCUT2D eigenvalue weighted by atomic mass is 9.91. The van der Waals surface area contributed by atoms with Crippen LogP contribution in [0.3, 0.4) is 0 Å². The van der Waals surface area contributed by atoms with Crippen LogP contribution in [0.4, 0.5) is 11.4 Å². The number of H-pyrrole nitrogens is 1. The normalized spacial score (nSPS) is 15.0. The second kappa shape index (κ2) is 10.9. The predicted octanol–water partition coefficient (Wildman–Crippen LogP) is 7.59. The smallest absolute Gasteiger partial charge is 0.266 e. The van der Waals surface area contributed by atoms with Gasteiger partial charge in [0.2, 0.25) is 0 Å². The standard InChI is InChI=1S/C31H33N3O2S/c1-4-5-9-26-28(34-18-16-20(2)25-8-6-7-10-27(25)34)29(35)30(31(36)33-26)37-23-13-11-22(12-14-23)24-15-17-32-19-21(24)3/h6-8,10-15,17,19-20H,4-5,9,16,18H2,1-3H3,(H2,33,35,36). The second-order valence-electron chi connectivity index (χ2n) is 9.78. The summed E-state index contributed by atoms with van der Waals surface area (Å²) in [4.78, 5) is 24.0. The van der Waals surface area contributed by atoms with Gasteiger partial charge < -0.3 is 15.0 Å². The van der Waals surface area contributed by atoms with Crippen LogP contribution in [0.25, 0.3) is 11.1 Å². The van der Waals surface area contributed by atoms with Crippen molar-refractivity contribution in [2.75, 3.05) is 11.4 Å². The molecule has 6 heteroatoms. The average Bonchev–Trinajstić information content (AvgIpc) is 2.91. The van der Waals surface area contributed by atoms with E-state index in [1.54, 1.807) is 6.20 Å². The lowest BCUT2D eigenvalue weighted by Crippen LogP contribution is -2.29. The summed E-state index contributed by atoms with van der Waals surface area (Å²) in [6, 6.07) is 18.5. The van der Waals surface area contributed by atoms with Gasteiger partial charge in [0.25, 0.3) is 5.56 Å². The molecule has 2 aromatic carbocycles. The molecule has 1 atom stereocenters. The third-order valence-electron chi connectivity index (χ3n) is 7.20. The molecule has 2 aromatic heterocycles. The Kier molecular flexibility index (Phi) is 7.38. The fourth-order valence-electron chi connectivity index (χ4n) is 5.13. The Bertz CT molecular complexity index is 1460. The molecular weight excluding hydrogens is 478 g/mol. The van der Waals surface area contributed by atoms with Gasteiger partial charge >= 0.3 is 0 Å². The Morgan fingerprint density at radius 2 is 1.92 bits per heavy atom. The van der Waals surface area contributed by atoms with E-state index in [1.807, 2.05) is 37.4 Å². The van der Waals surface area contributed by atoms with Crippen LogP contribution >= 0.6 is 11.8 Å². The third kappa shape index (κ3) is 5.03. The molecule has 0 bridgehead atoms. The number of aromatic nitrogens is 2. The minimum atomic E-state index is -0.245. The van der Waals surface area contributed by atoms with Gasteiger partial charge in [-0.25, -0.2) is 0 Å². The summed E-state index contributed by atoms with van der Waals surface area (Å²) in [5, 5.41) is 11.6. The predicted molar refractivity (Wildman–Crippen MR) is 152 cm³/mol. The molecule has 5 nitrogen and oxygen atoms in total. The fourth-order valence-corrected chi connectivity index (χ4v) is 5.97. The first kappa shape index (κ1) is 25.2.